The molecule has 0 radical (unpaired) electrons. The molecule has 0 heterocycles. The van der Waals surface area contributed by atoms with Crippen LogP contribution in [-0.4, -0.2) is 12.9 Å². The molecular weight excluding hydrogens is 286 g/mol. The van der Waals surface area contributed by atoms with Gasteiger partial charge in [0.1, 0.15) is 5.75 Å². The van der Waals surface area contributed by atoms with Crippen LogP contribution in [-0.2, 0) is 6.42 Å². The van der Waals surface area contributed by atoms with Crippen LogP contribution in [0.1, 0.15) is 35.7 Å². The van der Waals surface area contributed by atoms with Crippen molar-refractivity contribution in [2.75, 3.05) is 12.4 Å². The molecule has 0 amide bonds. The Morgan fingerprint density at radius 1 is 1.09 bits per heavy atom. The standard InChI is InChI=1S/C20H23NO2/c1-3-4-5-16-6-10-18(11-7-16)21-15-14-20(22)17-8-12-19(23-2)13-9-17/h6-15,21H,3-5H2,1-2H3. The zero-order valence-electron chi connectivity index (χ0n) is 13.7. The molecule has 0 bridgehead atoms. The first-order valence-electron chi connectivity index (χ1n) is 7.93. The van der Waals surface area contributed by atoms with Crippen molar-refractivity contribution in [1.82, 2.24) is 0 Å². The predicted molar refractivity (Wildman–Crippen MR) is 95.1 cm³/mol. The molecule has 0 unspecified atom stereocenters. The van der Waals surface area contributed by atoms with Crippen LogP contribution in [0.4, 0.5) is 5.69 Å². The fraction of sp³-hybridized carbons (Fsp3) is 0.250. The van der Waals surface area contributed by atoms with Crippen molar-refractivity contribution in [2.24, 2.45) is 0 Å². The first-order valence-corrected chi connectivity index (χ1v) is 7.93. The van der Waals surface area contributed by atoms with Gasteiger partial charge in [-0.15, -0.1) is 0 Å². The van der Waals surface area contributed by atoms with Gasteiger partial charge in [-0.1, -0.05) is 25.5 Å². The summed E-state index contributed by atoms with van der Waals surface area (Å²) in [6.45, 7) is 2.19. The number of hydrogen-bond acceptors (Lipinski definition) is 3. The molecule has 2 rings (SSSR count). The van der Waals surface area contributed by atoms with Crippen molar-refractivity contribution < 1.29 is 9.53 Å². The summed E-state index contributed by atoms with van der Waals surface area (Å²) in [6, 6.07) is 15.4. The maximum Gasteiger partial charge on any atom is 0.187 e. The highest BCUT2D eigenvalue weighted by Crippen LogP contribution is 2.13. The van der Waals surface area contributed by atoms with Gasteiger partial charge in [-0.25, -0.2) is 0 Å². The van der Waals surface area contributed by atoms with Crippen LogP contribution in [0, 0.1) is 0 Å². The average molecular weight is 309 g/mol. The van der Waals surface area contributed by atoms with Gasteiger partial charge in [0.15, 0.2) is 5.78 Å². The van der Waals surface area contributed by atoms with Crippen molar-refractivity contribution in [1.29, 1.82) is 0 Å². The molecule has 0 saturated carbocycles. The van der Waals surface area contributed by atoms with E-state index >= 15 is 0 Å². The Morgan fingerprint density at radius 2 is 1.78 bits per heavy atom. The Hall–Kier alpha value is -2.55. The lowest BCUT2D eigenvalue weighted by atomic mass is 10.1. The van der Waals surface area contributed by atoms with Gasteiger partial charge in [-0.3, -0.25) is 4.79 Å². The van der Waals surface area contributed by atoms with Crippen LogP contribution in [0.3, 0.4) is 0 Å². The van der Waals surface area contributed by atoms with E-state index in [0.717, 1.165) is 17.9 Å². The van der Waals surface area contributed by atoms with Crippen molar-refractivity contribution in [3.8, 4) is 5.75 Å². The van der Waals surface area contributed by atoms with E-state index < -0.39 is 0 Å². The molecule has 23 heavy (non-hydrogen) atoms. The quantitative estimate of drug-likeness (QED) is 0.560. The third kappa shape index (κ3) is 5.29. The van der Waals surface area contributed by atoms with E-state index in [4.69, 9.17) is 4.74 Å². The average Bonchev–Trinajstić information content (AvgIpc) is 2.61. The second-order valence-corrected chi connectivity index (χ2v) is 5.37. The number of unbranched alkanes of at least 4 members (excludes halogenated alkanes) is 1. The molecule has 0 aliphatic heterocycles. The number of benzene rings is 2. The van der Waals surface area contributed by atoms with Gasteiger partial charge in [0.2, 0.25) is 0 Å². The van der Waals surface area contributed by atoms with E-state index in [1.165, 1.54) is 24.5 Å². The van der Waals surface area contributed by atoms with E-state index in [1.54, 1.807) is 37.6 Å². The van der Waals surface area contributed by atoms with E-state index in [2.05, 4.69) is 24.4 Å². The van der Waals surface area contributed by atoms with Crippen LogP contribution >= 0.6 is 0 Å². The molecule has 2 aromatic carbocycles. The summed E-state index contributed by atoms with van der Waals surface area (Å²) in [5, 5.41) is 3.13. The molecule has 0 atom stereocenters. The molecule has 1 N–H and O–H groups in total. The molecule has 0 saturated heterocycles. The number of anilines is 1. The maximum atomic E-state index is 12.0. The van der Waals surface area contributed by atoms with Crippen LogP contribution in [0.2, 0.25) is 0 Å². The van der Waals surface area contributed by atoms with Gasteiger partial charge >= 0.3 is 0 Å². The highest BCUT2D eigenvalue weighted by Gasteiger charge is 2.01. The first kappa shape index (κ1) is 16.8. The lowest BCUT2D eigenvalue weighted by molar-refractivity contribution is 0.104. The maximum absolute atomic E-state index is 12.0. The normalized spacial score (nSPS) is 10.7. The number of nitrogens with one attached hydrogen (secondary N) is 1. The number of carbonyl (C=O) groups is 1. The monoisotopic (exact) mass is 309 g/mol. The molecule has 0 aliphatic carbocycles. The first-order chi connectivity index (χ1) is 11.2. The van der Waals surface area contributed by atoms with E-state index in [0.29, 0.717) is 5.56 Å². The van der Waals surface area contributed by atoms with Gasteiger partial charge in [0.25, 0.3) is 0 Å². The van der Waals surface area contributed by atoms with Gasteiger partial charge in [0.05, 0.1) is 7.11 Å². The molecule has 0 aliphatic rings. The Morgan fingerprint density at radius 3 is 2.39 bits per heavy atom. The van der Waals surface area contributed by atoms with E-state index in [-0.39, 0.29) is 5.78 Å². The van der Waals surface area contributed by atoms with E-state index in [9.17, 15) is 4.79 Å². The fourth-order valence-corrected chi connectivity index (χ4v) is 2.21. The molecular formula is C20H23NO2. The van der Waals surface area contributed by atoms with Gasteiger partial charge in [-0.05, 0) is 54.8 Å². The molecule has 3 nitrogen and oxygen atoms in total. The third-order valence-corrected chi connectivity index (χ3v) is 3.63. The van der Waals surface area contributed by atoms with Crippen LogP contribution in [0.5, 0.6) is 5.75 Å². The van der Waals surface area contributed by atoms with Gasteiger partial charge in [0, 0.05) is 23.5 Å². The highest BCUT2D eigenvalue weighted by molar-refractivity contribution is 6.04. The van der Waals surface area contributed by atoms with Crippen molar-refractivity contribution in [2.45, 2.75) is 26.2 Å². The summed E-state index contributed by atoms with van der Waals surface area (Å²) >= 11 is 0. The second-order valence-electron chi connectivity index (χ2n) is 5.37. The summed E-state index contributed by atoms with van der Waals surface area (Å²) in [6.07, 6.45) is 6.74. The highest BCUT2D eigenvalue weighted by atomic mass is 16.5. The molecule has 3 heteroatoms. The molecule has 0 fully saturated rings. The zero-order valence-corrected chi connectivity index (χ0v) is 13.7. The summed E-state index contributed by atoms with van der Waals surface area (Å²) < 4.78 is 5.08. The zero-order chi connectivity index (χ0) is 16.5. The minimum atomic E-state index is -0.0419. The van der Waals surface area contributed by atoms with E-state index in [1.807, 2.05) is 12.1 Å². The Labute approximate surface area is 138 Å². The van der Waals surface area contributed by atoms with Gasteiger partial charge in [-0.2, -0.15) is 0 Å². The smallest absolute Gasteiger partial charge is 0.187 e. The summed E-state index contributed by atoms with van der Waals surface area (Å²) in [5.41, 5.74) is 2.96. The number of allylic oxidation sites excluding steroid dienone is 1. The summed E-state index contributed by atoms with van der Waals surface area (Å²) in [5.74, 6) is 0.700. The Balaban J connectivity index is 1.88. The van der Waals surface area contributed by atoms with Gasteiger partial charge < -0.3 is 10.1 Å². The number of hydrogen-bond donors (Lipinski definition) is 1. The van der Waals surface area contributed by atoms with Crippen molar-refractivity contribution in [3.63, 3.8) is 0 Å². The Bertz CT molecular complexity index is 642. The van der Waals surface area contributed by atoms with Crippen LogP contribution in [0.25, 0.3) is 0 Å². The minimum absolute atomic E-state index is 0.0419. The molecule has 0 aromatic heterocycles. The molecule has 120 valence electrons. The van der Waals surface area contributed by atoms with Crippen LogP contribution in [0.15, 0.2) is 60.8 Å². The number of rotatable bonds is 8. The lowest BCUT2D eigenvalue weighted by Crippen LogP contribution is -1.96. The number of methoxy groups -OCH3 is 1. The van der Waals surface area contributed by atoms with Crippen LogP contribution < -0.4 is 10.1 Å². The number of aryl methyl sites for hydroxylation is 1. The lowest BCUT2D eigenvalue weighted by Gasteiger charge is -2.04. The largest absolute Gasteiger partial charge is 0.497 e. The number of ketones is 1. The molecule has 2 aromatic rings. The second kappa shape index (κ2) is 8.79. The van der Waals surface area contributed by atoms with Crippen molar-refractivity contribution in [3.05, 3.63) is 71.9 Å². The minimum Gasteiger partial charge on any atom is -0.497 e. The number of carbonyl (C=O) groups excluding carboxylic acids is 1. The summed E-state index contributed by atoms with van der Waals surface area (Å²) in [7, 11) is 1.61. The number of ether oxygens (including phenoxy) is 1. The molecule has 0 spiro atoms. The topological polar surface area (TPSA) is 38.3 Å². The SMILES string of the molecule is CCCCc1ccc(NC=CC(=O)c2ccc(OC)cc2)cc1. The summed E-state index contributed by atoms with van der Waals surface area (Å²) in [4.78, 5) is 12.0. The Kier molecular flexibility index (Phi) is 6.42. The third-order valence-electron chi connectivity index (χ3n) is 3.63. The predicted octanol–water partition coefficient (Wildman–Crippen LogP) is 4.85. The van der Waals surface area contributed by atoms with Crippen molar-refractivity contribution >= 4 is 11.5 Å². The fourth-order valence-electron chi connectivity index (χ4n) is 2.21.